The van der Waals surface area contributed by atoms with E-state index in [1.165, 1.54) is 11.3 Å². The summed E-state index contributed by atoms with van der Waals surface area (Å²) in [4.78, 5) is 56.2. The molecule has 4 N–H and O–H groups in total. The third-order valence-corrected chi connectivity index (χ3v) is 9.40. The average Bonchev–Trinajstić information content (AvgIpc) is 3.82. The van der Waals surface area contributed by atoms with Crippen LogP contribution in [0, 0.1) is 11.8 Å². The zero-order valence-corrected chi connectivity index (χ0v) is 30.5. The Morgan fingerprint density at radius 2 is 1.15 bits per heavy atom. The highest BCUT2D eigenvalue weighted by Crippen LogP contribution is 2.28. The van der Waals surface area contributed by atoms with E-state index in [0.29, 0.717) is 39.6 Å². The third kappa shape index (κ3) is 12.2. The molecule has 11 nitrogen and oxygen atoms in total. The lowest BCUT2D eigenvalue weighted by atomic mass is 9.95. The fraction of sp³-hybridized carbons (Fsp3) is 0.154. The van der Waals surface area contributed by atoms with Crippen LogP contribution in [-0.2, 0) is 32.0 Å². The number of benzene rings is 4. The van der Waals surface area contributed by atoms with Gasteiger partial charge in [-0.25, -0.2) is 4.98 Å². The number of aromatic nitrogens is 3. The van der Waals surface area contributed by atoms with Gasteiger partial charge in [0.15, 0.2) is 11.0 Å². The lowest BCUT2D eigenvalue weighted by Gasteiger charge is -2.14. The third-order valence-electron chi connectivity index (χ3n) is 7.78. The summed E-state index contributed by atoms with van der Waals surface area (Å²) in [6, 6.07) is 35.5. The van der Waals surface area contributed by atoms with Crippen LogP contribution in [0.1, 0.15) is 24.0 Å². The minimum Gasteiger partial charge on any atom is -0.481 e. The van der Waals surface area contributed by atoms with Crippen molar-refractivity contribution in [3.63, 3.8) is 0 Å². The Balaban J connectivity index is 0.000000204. The summed E-state index contributed by atoms with van der Waals surface area (Å²) >= 11 is 8.37. The van der Waals surface area contributed by atoms with Crippen molar-refractivity contribution in [1.82, 2.24) is 14.3 Å². The van der Waals surface area contributed by atoms with Crippen molar-refractivity contribution in [3.05, 3.63) is 137 Å². The standard InChI is InChI=1S/C20H17ClN2O3S.C19H17N3O3S/c21-16-8-4-7-14(10-16)17-12-27-20(22-17)23-19(26)15(11-18(24)25)9-13-5-2-1-3-6-13;23-16(24)12-15(11-13-7-3-1-4-8-13)18(25)21-19-20-17(22-26-19)14-9-5-2-6-10-14/h1-8,10,12,15H,9,11H2,(H,24,25)(H,22,23,26);1-10,15H,11-12H2,(H,23,24)(H,20,21,22,25)/t2*15-/m11/s1. The van der Waals surface area contributed by atoms with Crippen LogP contribution in [0.3, 0.4) is 0 Å². The number of carboxylic acids is 2. The first-order valence-electron chi connectivity index (χ1n) is 16.4. The van der Waals surface area contributed by atoms with Crippen LogP contribution < -0.4 is 10.6 Å². The molecular formula is C39H34ClN5O6S2. The van der Waals surface area contributed by atoms with E-state index < -0.39 is 23.8 Å². The van der Waals surface area contributed by atoms with Gasteiger partial charge in [-0.05, 0) is 36.1 Å². The van der Waals surface area contributed by atoms with Gasteiger partial charge in [-0.3, -0.25) is 19.2 Å². The van der Waals surface area contributed by atoms with Crippen molar-refractivity contribution < 1.29 is 29.4 Å². The number of halogens is 1. The van der Waals surface area contributed by atoms with Crippen LogP contribution in [0.25, 0.3) is 22.6 Å². The summed E-state index contributed by atoms with van der Waals surface area (Å²) < 4.78 is 4.24. The number of carbonyl (C=O) groups excluding carboxylic acids is 2. The van der Waals surface area contributed by atoms with Crippen molar-refractivity contribution in [2.45, 2.75) is 25.7 Å². The zero-order valence-electron chi connectivity index (χ0n) is 28.1. The van der Waals surface area contributed by atoms with Crippen molar-refractivity contribution in [2.75, 3.05) is 10.6 Å². The summed E-state index contributed by atoms with van der Waals surface area (Å²) in [5.74, 6) is -3.57. The first-order valence-corrected chi connectivity index (χ1v) is 18.4. The Morgan fingerprint density at radius 3 is 1.68 bits per heavy atom. The van der Waals surface area contributed by atoms with E-state index in [9.17, 15) is 19.2 Å². The predicted molar refractivity (Wildman–Crippen MR) is 207 cm³/mol. The fourth-order valence-electron chi connectivity index (χ4n) is 5.24. The second-order valence-electron chi connectivity index (χ2n) is 11.8. The van der Waals surface area contributed by atoms with E-state index in [1.807, 2.05) is 109 Å². The van der Waals surface area contributed by atoms with Crippen LogP contribution in [0.15, 0.2) is 121 Å². The van der Waals surface area contributed by atoms with Crippen LogP contribution in [-0.4, -0.2) is 48.3 Å². The lowest BCUT2D eigenvalue weighted by Crippen LogP contribution is -2.27. The Hall–Kier alpha value is -5.76. The topological polar surface area (TPSA) is 171 Å². The number of amides is 2. The first kappa shape index (κ1) is 38.5. The Kier molecular flexibility index (Phi) is 13.9. The molecule has 0 spiro atoms. The van der Waals surface area contributed by atoms with Gasteiger partial charge >= 0.3 is 11.9 Å². The van der Waals surface area contributed by atoms with Gasteiger partial charge in [0.25, 0.3) is 0 Å². The average molecular weight is 768 g/mol. The molecule has 0 aliphatic heterocycles. The van der Waals surface area contributed by atoms with Crippen molar-refractivity contribution in [3.8, 4) is 22.6 Å². The largest absolute Gasteiger partial charge is 0.481 e. The number of hydrogen-bond acceptors (Lipinski definition) is 9. The molecule has 0 unspecified atom stereocenters. The van der Waals surface area contributed by atoms with Gasteiger partial charge in [0.2, 0.25) is 16.9 Å². The molecule has 270 valence electrons. The maximum atomic E-state index is 12.6. The number of aliphatic carboxylic acids is 2. The number of anilines is 2. The molecule has 2 atom stereocenters. The first-order chi connectivity index (χ1) is 25.6. The van der Waals surface area contributed by atoms with E-state index in [1.54, 1.807) is 12.1 Å². The maximum Gasteiger partial charge on any atom is 0.304 e. The summed E-state index contributed by atoms with van der Waals surface area (Å²) in [5.41, 5.74) is 4.24. The SMILES string of the molecule is O=C(O)C[C@@H](Cc1ccccc1)C(=O)Nc1nc(-c2cccc(Cl)c2)cs1.O=C(O)C[C@@H](Cc1ccccc1)C(=O)Nc1nc(-c2ccccc2)ns1. The second kappa shape index (κ2) is 19.2. The number of nitrogens with one attached hydrogen (secondary N) is 2. The summed E-state index contributed by atoms with van der Waals surface area (Å²) in [6.07, 6.45) is 0.215. The Bertz CT molecular complexity index is 2130. The molecule has 0 aliphatic rings. The van der Waals surface area contributed by atoms with Crippen LogP contribution >= 0.6 is 34.5 Å². The van der Waals surface area contributed by atoms with Crippen LogP contribution in [0.2, 0.25) is 5.02 Å². The molecule has 2 heterocycles. The molecule has 4 aromatic carbocycles. The van der Waals surface area contributed by atoms with Gasteiger partial charge in [-0.2, -0.15) is 9.36 Å². The minimum atomic E-state index is -1.01. The molecule has 14 heteroatoms. The van der Waals surface area contributed by atoms with E-state index >= 15 is 0 Å². The number of thiazole rings is 1. The van der Waals surface area contributed by atoms with Crippen molar-refractivity contribution >= 4 is 68.5 Å². The Labute approximate surface area is 318 Å². The van der Waals surface area contributed by atoms with Crippen molar-refractivity contribution in [1.29, 1.82) is 0 Å². The monoisotopic (exact) mass is 767 g/mol. The normalized spacial score (nSPS) is 11.7. The van der Waals surface area contributed by atoms with E-state index in [0.717, 1.165) is 33.8 Å². The smallest absolute Gasteiger partial charge is 0.304 e. The molecule has 0 saturated carbocycles. The molecular weight excluding hydrogens is 734 g/mol. The minimum absolute atomic E-state index is 0.243. The highest BCUT2D eigenvalue weighted by molar-refractivity contribution is 7.14. The number of carbonyl (C=O) groups is 4. The van der Waals surface area contributed by atoms with Gasteiger partial charge < -0.3 is 20.8 Å². The second-order valence-corrected chi connectivity index (χ2v) is 13.8. The number of nitrogens with zero attached hydrogens (tertiary/aromatic N) is 3. The highest BCUT2D eigenvalue weighted by Gasteiger charge is 2.25. The highest BCUT2D eigenvalue weighted by atomic mass is 35.5. The van der Waals surface area contributed by atoms with E-state index in [2.05, 4.69) is 25.0 Å². The molecule has 6 rings (SSSR count). The maximum absolute atomic E-state index is 12.6. The number of rotatable bonds is 14. The molecule has 2 aromatic heterocycles. The molecule has 2 amide bonds. The number of hydrogen-bond donors (Lipinski definition) is 4. The van der Waals surface area contributed by atoms with Crippen LogP contribution in [0.5, 0.6) is 0 Å². The van der Waals surface area contributed by atoms with Gasteiger partial charge in [-0.15, -0.1) is 11.3 Å². The lowest BCUT2D eigenvalue weighted by molar-refractivity contribution is -0.140. The quantitative estimate of drug-likeness (QED) is 0.0853. The van der Waals surface area contributed by atoms with Gasteiger partial charge in [0, 0.05) is 33.1 Å². The van der Waals surface area contributed by atoms with Gasteiger partial charge in [-0.1, -0.05) is 115 Å². The predicted octanol–water partition coefficient (Wildman–Crippen LogP) is 8.21. The molecule has 53 heavy (non-hydrogen) atoms. The van der Waals surface area contributed by atoms with E-state index in [-0.39, 0.29) is 24.7 Å². The van der Waals surface area contributed by atoms with Gasteiger partial charge in [0.05, 0.1) is 30.4 Å². The Morgan fingerprint density at radius 1 is 0.642 bits per heavy atom. The van der Waals surface area contributed by atoms with E-state index in [4.69, 9.17) is 21.8 Å². The summed E-state index contributed by atoms with van der Waals surface area (Å²) in [7, 11) is 0. The van der Waals surface area contributed by atoms with Gasteiger partial charge in [0.1, 0.15) is 0 Å². The summed E-state index contributed by atoms with van der Waals surface area (Å²) in [6.45, 7) is 0. The fourth-order valence-corrected chi connectivity index (χ4v) is 6.74. The molecule has 0 saturated heterocycles. The molecule has 0 radical (unpaired) electrons. The summed E-state index contributed by atoms with van der Waals surface area (Å²) in [5, 5.41) is 26.9. The molecule has 0 fully saturated rings. The van der Waals surface area contributed by atoms with Crippen molar-refractivity contribution in [2.24, 2.45) is 11.8 Å². The molecule has 0 aliphatic carbocycles. The molecule has 6 aromatic rings. The zero-order chi connectivity index (χ0) is 37.6. The molecule has 0 bridgehead atoms. The van der Waals surface area contributed by atoms with Crippen LogP contribution in [0.4, 0.5) is 10.3 Å². The number of carboxylic acid groups (broad SMARTS) is 2.